The van der Waals surface area contributed by atoms with Crippen molar-refractivity contribution in [2.45, 2.75) is 26.9 Å². The van der Waals surface area contributed by atoms with Crippen molar-refractivity contribution < 1.29 is 4.79 Å². The minimum atomic E-state index is -0.0630. The van der Waals surface area contributed by atoms with E-state index in [2.05, 4.69) is 20.0 Å². The molecule has 6 nitrogen and oxygen atoms in total. The Labute approximate surface area is 169 Å². The van der Waals surface area contributed by atoms with Gasteiger partial charge in [-0.2, -0.15) is 5.10 Å². The van der Waals surface area contributed by atoms with Crippen molar-refractivity contribution in [3.05, 3.63) is 101 Å². The first-order valence-corrected chi connectivity index (χ1v) is 9.54. The molecule has 0 saturated carbocycles. The molecule has 1 amide bonds. The summed E-state index contributed by atoms with van der Waals surface area (Å²) in [4.78, 5) is 16.7. The lowest BCUT2D eigenvalue weighted by Crippen LogP contribution is -2.23. The lowest BCUT2D eigenvalue weighted by Gasteiger charge is -2.10. The van der Waals surface area contributed by atoms with Crippen LogP contribution in [0.4, 0.5) is 0 Å². The highest BCUT2D eigenvalue weighted by Gasteiger charge is 2.16. The van der Waals surface area contributed by atoms with E-state index in [0.29, 0.717) is 18.7 Å². The van der Waals surface area contributed by atoms with Gasteiger partial charge in [0.15, 0.2) is 0 Å². The Morgan fingerprint density at radius 2 is 1.72 bits per heavy atom. The monoisotopic (exact) mass is 385 g/mol. The van der Waals surface area contributed by atoms with Crippen LogP contribution in [0, 0.1) is 13.8 Å². The molecular weight excluding hydrogens is 362 g/mol. The minimum Gasteiger partial charge on any atom is -0.348 e. The fourth-order valence-corrected chi connectivity index (χ4v) is 3.51. The van der Waals surface area contributed by atoms with Crippen LogP contribution in [0.5, 0.6) is 0 Å². The maximum Gasteiger partial charge on any atom is 0.253 e. The number of aromatic nitrogens is 4. The Balaban J connectivity index is 1.42. The van der Waals surface area contributed by atoms with E-state index < -0.39 is 0 Å². The largest absolute Gasteiger partial charge is 0.348 e. The van der Waals surface area contributed by atoms with E-state index in [1.807, 2.05) is 74.5 Å². The second-order valence-corrected chi connectivity index (χ2v) is 7.05. The van der Waals surface area contributed by atoms with E-state index in [-0.39, 0.29) is 5.91 Å². The Morgan fingerprint density at radius 3 is 2.41 bits per heavy atom. The minimum absolute atomic E-state index is 0.0630. The summed E-state index contributed by atoms with van der Waals surface area (Å²) < 4.78 is 3.88. The molecular formula is C23H23N5O. The first kappa shape index (κ1) is 18.7. The molecule has 2 aromatic heterocycles. The normalized spacial score (nSPS) is 10.8. The number of amides is 1. The van der Waals surface area contributed by atoms with Crippen LogP contribution >= 0.6 is 0 Å². The van der Waals surface area contributed by atoms with Crippen molar-refractivity contribution in [3.8, 4) is 5.69 Å². The molecule has 1 N–H and O–H groups in total. The van der Waals surface area contributed by atoms with Crippen molar-refractivity contribution in [2.24, 2.45) is 0 Å². The number of nitrogens with one attached hydrogen (secondary N) is 1. The SMILES string of the molecule is Cc1cc(C(=O)NCc2ccc(Cn3cncn3)cc2)c(C)n1-c1ccccc1. The second kappa shape index (κ2) is 8.14. The molecule has 0 fully saturated rings. The van der Waals surface area contributed by atoms with Crippen LogP contribution in [0.25, 0.3) is 5.69 Å². The predicted octanol–water partition coefficient (Wildman–Crippen LogP) is 3.66. The molecule has 0 radical (unpaired) electrons. The molecule has 2 heterocycles. The Bertz CT molecular complexity index is 1100. The van der Waals surface area contributed by atoms with Gasteiger partial charge in [0, 0.05) is 23.6 Å². The summed E-state index contributed by atoms with van der Waals surface area (Å²) in [7, 11) is 0. The highest BCUT2D eigenvalue weighted by atomic mass is 16.1. The standard InChI is InChI=1S/C23H23N5O/c1-17-12-22(18(2)28(17)21-6-4-3-5-7-21)23(29)25-13-19-8-10-20(11-9-19)14-27-16-24-15-26-27/h3-12,15-16H,13-14H2,1-2H3,(H,25,29). The van der Waals surface area contributed by atoms with Crippen LogP contribution in [0.3, 0.4) is 0 Å². The summed E-state index contributed by atoms with van der Waals surface area (Å²) in [5.74, 6) is -0.0630. The number of para-hydroxylation sites is 1. The van der Waals surface area contributed by atoms with Gasteiger partial charge in [-0.15, -0.1) is 0 Å². The fraction of sp³-hybridized carbons (Fsp3) is 0.174. The summed E-state index contributed by atoms with van der Waals surface area (Å²) in [6, 6.07) is 20.2. The zero-order chi connectivity index (χ0) is 20.2. The Morgan fingerprint density at radius 1 is 1.00 bits per heavy atom. The summed E-state index contributed by atoms with van der Waals surface area (Å²) in [5.41, 5.74) is 5.93. The van der Waals surface area contributed by atoms with E-state index in [4.69, 9.17) is 0 Å². The number of benzene rings is 2. The third-order valence-electron chi connectivity index (χ3n) is 4.98. The number of carbonyl (C=O) groups excluding carboxylic acids is 1. The molecule has 0 unspecified atom stereocenters. The number of hydrogen-bond acceptors (Lipinski definition) is 3. The van der Waals surface area contributed by atoms with Gasteiger partial charge in [-0.1, -0.05) is 42.5 Å². The van der Waals surface area contributed by atoms with Crippen LogP contribution in [-0.4, -0.2) is 25.2 Å². The van der Waals surface area contributed by atoms with E-state index in [0.717, 1.165) is 28.2 Å². The topological polar surface area (TPSA) is 64.7 Å². The molecule has 0 bridgehead atoms. The molecule has 4 aromatic rings. The fourth-order valence-electron chi connectivity index (χ4n) is 3.51. The second-order valence-electron chi connectivity index (χ2n) is 7.05. The smallest absolute Gasteiger partial charge is 0.253 e. The Hall–Kier alpha value is -3.67. The molecule has 0 aliphatic rings. The van der Waals surface area contributed by atoms with Crippen LogP contribution in [0.1, 0.15) is 32.9 Å². The quantitative estimate of drug-likeness (QED) is 0.551. The van der Waals surface area contributed by atoms with E-state index in [1.54, 1.807) is 11.0 Å². The summed E-state index contributed by atoms with van der Waals surface area (Å²) in [6.45, 7) is 5.16. The van der Waals surface area contributed by atoms with E-state index in [1.165, 1.54) is 6.33 Å². The molecule has 146 valence electrons. The summed E-state index contributed by atoms with van der Waals surface area (Å²) >= 11 is 0. The van der Waals surface area contributed by atoms with Crippen LogP contribution in [0.15, 0.2) is 73.3 Å². The number of nitrogens with zero attached hydrogens (tertiary/aromatic N) is 4. The van der Waals surface area contributed by atoms with Crippen LogP contribution in [0.2, 0.25) is 0 Å². The molecule has 4 rings (SSSR count). The maximum atomic E-state index is 12.8. The van der Waals surface area contributed by atoms with Crippen molar-refractivity contribution in [1.29, 1.82) is 0 Å². The molecule has 0 saturated heterocycles. The summed E-state index contributed by atoms with van der Waals surface area (Å²) in [6.07, 6.45) is 3.22. The van der Waals surface area contributed by atoms with Gasteiger partial charge in [0.1, 0.15) is 12.7 Å². The first-order chi connectivity index (χ1) is 14.1. The highest BCUT2D eigenvalue weighted by Crippen LogP contribution is 2.20. The molecule has 2 aromatic carbocycles. The average Bonchev–Trinajstić information content (AvgIpc) is 3.35. The van der Waals surface area contributed by atoms with Gasteiger partial charge >= 0.3 is 0 Å². The van der Waals surface area contributed by atoms with Crippen molar-refractivity contribution in [2.75, 3.05) is 0 Å². The lowest BCUT2D eigenvalue weighted by atomic mass is 10.1. The van der Waals surface area contributed by atoms with Gasteiger partial charge in [-0.3, -0.25) is 4.79 Å². The van der Waals surface area contributed by atoms with Gasteiger partial charge in [0.05, 0.1) is 12.1 Å². The molecule has 0 atom stereocenters. The van der Waals surface area contributed by atoms with Gasteiger partial charge < -0.3 is 9.88 Å². The van der Waals surface area contributed by atoms with Crippen LogP contribution < -0.4 is 5.32 Å². The lowest BCUT2D eigenvalue weighted by molar-refractivity contribution is 0.0950. The molecule has 6 heteroatoms. The van der Waals surface area contributed by atoms with Gasteiger partial charge in [-0.25, -0.2) is 9.67 Å². The van der Waals surface area contributed by atoms with Crippen molar-refractivity contribution >= 4 is 5.91 Å². The molecule has 29 heavy (non-hydrogen) atoms. The van der Waals surface area contributed by atoms with Gasteiger partial charge in [0.25, 0.3) is 5.91 Å². The number of rotatable bonds is 6. The zero-order valence-electron chi connectivity index (χ0n) is 16.5. The van der Waals surface area contributed by atoms with Gasteiger partial charge in [-0.05, 0) is 43.2 Å². The van der Waals surface area contributed by atoms with Gasteiger partial charge in [0.2, 0.25) is 0 Å². The van der Waals surface area contributed by atoms with E-state index in [9.17, 15) is 4.79 Å². The zero-order valence-corrected chi connectivity index (χ0v) is 16.5. The van der Waals surface area contributed by atoms with E-state index >= 15 is 0 Å². The highest BCUT2D eigenvalue weighted by molar-refractivity contribution is 5.95. The Kier molecular flexibility index (Phi) is 5.24. The number of aryl methyl sites for hydroxylation is 1. The third-order valence-corrected chi connectivity index (χ3v) is 4.98. The maximum absolute atomic E-state index is 12.8. The average molecular weight is 385 g/mol. The molecule has 0 aliphatic carbocycles. The van der Waals surface area contributed by atoms with Crippen molar-refractivity contribution in [3.63, 3.8) is 0 Å². The van der Waals surface area contributed by atoms with Crippen LogP contribution in [-0.2, 0) is 13.1 Å². The first-order valence-electron chi connectivity index (χ1n) is 9.54. The number of carbonyl (C=O) groups is 1. The number of hydrogen-bond donors (Lipinski definition) is 1. The molecule has 0 aliphatic heterocycles. The third kappa shape index (κ3) is 4.11. The predicted molar refractivity (Wildman–Crippen MR) is 112 cm³/mol. The van der Waals surface area contributed by atoms with Crippen molar-refractivity contribution in [1.82, 2.24) is 24.6 Å². The summed E-state index contributed by atoms with van der Waals surface area (Å²) in [5, 5.41) is 7.15. The molecule has 0 spiro atoms.